The molecule has 108 valence electrons. The van der Waals surface area contributed by atoms with Crippen LogP contribution in [0.25, 0.3) is 0 Å². The van der Waals surface area contributed by atoms with Gasteiger partial charge in [-0.05, 0) is 34.5 Å². The molecule has 0 unspecified atom stereocenters. The average molecular weight is 352 g/mol. The number of hydrogen-bond donors (Lipinski definition) is 0. The minimum absolute atomic E-state index is 0.0974. The first-order valence-corrected chi connectivity index (χ1v) is 6.20. The quantitative estimate of drug-likeness (QED) is 0.780. The van der Waals surface area contributed by atoms with Crippen molar-refractivity contribution in [3.05, 3.63) is 27.7 Å². The number of halogens is 4. The molecule has 0 aliphatic heterocycles. The molecule has 1 rings (SSSR count). The second-order valence-corrected chi connectivity index (χ2v) is 4.35. The number of alkyl halides is 3. The van der Waals surface area contributed by atoms with Crippen LogP contribution in [-0.4, -0.2) is 18.9 Å². The number of nitrogens with zero attached hydrogens (tertiary/aromatic N) is 1. The number of nitriles is 1. The first kappa shape index (κ1) is 16.3. The Balaban J connectivity index is 3.09. The fraction of sp³-hybridized carbons (Fsp3) is 0.333. The maximum Gasteiger partial charge on any atom is 0.573 e. The van der Waals surface area contributed by atoms with Crippen molar-refractivity contribution in [2.75, 3.05) is 6.61 Å². The van der Waals surface area contributed by atoms with Crippen molar-refractivity contribution in [1.82, 2.24) is 0 Å². The molecule has 0 aliphatic carbocycles. The van der Waals surface area contributed by atoms with Crippen LogP contribution in [-0.2, 0) is 16.0 Å². The minimum Gasteiger partial charge on any atom is -0.466 e. The number of carbonyl (C=O) groups excluding carboxylic acids is 1. The third kappa shape index (κ3) is 4.42. The Morgan fingerprint density at radius 1 is 1.45 bits per heavy atom. The van der Waals surface area contributed by atoms with Crippen LogP contribution in [0.15, 0.2) is 16.6 Å². The molecule has 0 atom stereocenters. The van der Waals surface area contributed by atoms with Crippen LogP contribution in [0.5, 0.6) is 5.75 Å². The summed E-state index contributed by atoms with van der Waals surface area (Å²) in [5, 5.41) is 9.00. The number of benzene rings is 1. The van der Waals surface area contributed by atoms with Gasteiger partial charge in [-0.15, -0.1) is 13.2 Å². The molecule has 0 spiro atoms. The number of esters is 1. The van der Waals surface area contributed by atoms with Gasteiger partial charge in [-0.3, -0.25) is 4.79 Å². The molecule has 0 radical (unpaired) electrons. The smallest absolute Gasteiger partial charge is 0.466 e. The zero-order chi connectivity index (χ0) is 15.3. The number of ether oxygens (including phenoxy) is 2. The molecular weight excluding hydrogens is 343 g/mol. The molecule has 0 bridgehead atoms. The Kier molecular flexibility index (Phi) is 5.39. The minimum atomic E-state index is -4.86. The lowest BCUT2D eigenvalue weighted by Crippen LogP contribution is -2.18. The summed E-state index contributed by atoms with van der Waals surface area (Å²) in [6.07, 6.45) is -5.07. The zero-order valence-electron chi connectivity index (χ0n) is 10.3. The van der Waals surface area contributed by atoms with Crippen LogP contribution in [0.2, 0.25) is 0 Å². The van der Waals surface area contributed by atoms with Crippen molar-refractivity contribution in [3.8, 4) is 11.8 Å². The van der Waals surface area contributed by atoms with Crippen LogP contribution in [0.3, 0.4) is 0 Å². The molecule has 0 amide bonds. The van der Waals surface area contributed by atoms with E-state index < -0.39 is 18.1 Å². The Bertz CT molecular complexity index is 552. The summed E-state index contributed by atoms with van der Waals surface area (Å²) in [6, 6.07) is 3.99. The predicted octanol–water partition coefficient (Wildman–Crippen LogP) is 3.32. The molecule has 0 aromatic heterocycles. The average Bonchev–Trinajstić information content (AvgIpc) is 2.32. The number of carbonyl (C=O) groups is 1. The van der Waals surface area contributed by atoms with Crippen LogP contribution < -0.4 is 4.74 Å². The van der Waals surface area contributed by atoms with Crippen molar-refractivity contribution >= 4 is 21.9 Å². The van der Waals surface area contributed by atoms with E-state index in [0.29, 0.717) is 0 Å². The highest BCUT2D eigenvalue weighted by Gasteiger charge is 2.32. The van der Waals surface area contributed by atoms with E-state index in [1.807, 2.05) is 0 Å². The number of rotatable bonds is 4. The predicted molar refractivity (Wildman–Crippen MR) is 65.9 cm³/mol. The topological polar surface area (TPSA) is 59.3 Å². The van der Waals surface area contributed by atoms with E-state index in [1.54, 1.807) is 13.0 Å². The van der Waals surface area contributed by atoms with E-state index in [0.717, 1.165) is 6.07 Å². The van der Waals surface area contributed by atoms with Gasteiger partial charge in [-0.25, -0.2) is 0 Å². The lowest BCUT2D eigenvalue weighted by molar-refractivity contribution is -0.274. The maximum absolute atomic E-state index is 12.2. The summed E-state index contributed by atoms with van der Waals surface area (Å²) < 4.78 is 44.8. The molecular formula is C12H9BrF3NO3. The monoisotopic (exact) mass is 351 g/mol. The summed E-state index contributed by atoms with van der Waals surface area (Å²) >= 11 is 2.87. The molecule has 0 saturated heterocycles. The molecule has 0 saturated carbocycles. The lowest BCUT2D eigenvalue weighted by atomic mass is 10.1. The van der Waals surface area contributed by atoms with E-state index in [9.17, 15) is 18.0 Å². The van der Waals surface area contributed by atoms with E-state index in [1.165, 1.54) is 6.07 Å². The molecule has 1 aromatic rings. The highest BCUT2D eigenvalue weighted by atomic mass is 79.9. The first-order chi connectivity index (χ1) is 9.28. The van der Waals surface area contributed by atoms with Crippen LogP contribution in [0.4, 0.5) is 13.2 Å². The van der Waals surface area contributed by atoms with E-state index in [-0.39, 0.29) is 28.6 Å². The van der Waals surface area contributed by atoms with Crippen molar-refractivity contribution in [2.24, 2.45) is 0 Å². The van der Waals surface area contributed by atoms with Gasteiger partial charge in [-0.2, -0.15) is 5.26 Å². The summed E-state index contributed by atoms with van der Waals surface area (Å²) in [5.41, 5.74) is 0.159. The van der Waals surface area contributed by atoms with Gasteiger partial charge in [0.05, 0.1) is 23.1 Å². The van der Waals surface area contributed by atoms with E-state index >= 15 is 0 Å². The second kappa shape index (κ2) is 6.61. The molecule has 1 aromatic carbocycles. The van der Waals surface area contributed by atoms with Crippen molar-refractivity contribution in [2.45, 2.75) is 19.7 Å². The third-order valence-electron chi connectivity index (χ3n) is 2.17. The third-order valence-corrected chi connectivity index (χ3v) is 2.96. The van der Waals surface area contributed by atoms with Crippen LogP contribution in [0.1, 0.15) is 18.1 Å². The van der Waals surface area contributed by atoms with Crippen LogP contribution >= 0.6 is 15.9 Å². The highest BCUT2D eigenvalue weighted by Crippen LogP contribution is 2.34. The van der Waals surface area contributed by atoms with Gasteiger partial charge in [0.15, 0.2) is 0 Å². The van der Waals surface area contributed by atoms with Crippen molar-refractivity contribution in [1.29, 1.82) is 5.26 Å². The first-order valence-electron chi connectivity index (χ1n) is 5.41. The molecule has 8 heteroatoms. The van der Waals surface area contributed by atoms with Crippen LogP contribution in [0, 0.1) is 11.3 Å². The fourth-order valence-electron chi connectivity index (χ4n) is 1.44. The fourth-order valence-corrected chi connectivity index (χ4v) is 1.99. The Morgan fingerprint density at radius 3 is 2.60 bits per heavy atom. The Hall–Kier alpha value is -1.75. The Labute approximate surface area is 121 Å². The van der Waals surface area contributed by atoms with Gasteiger partial charge >= 0.3 is 12.3 Å². The molecule has 0 N–H and O–H groups in total. The molecule has 0 heterocycles. The summed E-state index contributed by atoms with van der Waals surface area (Å²) in [5.74, 6) is -1.11. The van der Waals surface area contributed by atoms with Gasteiger partial charge in [0.2, 0.25) is 0 Å². The van der Waals surface area contributed by atoms with Gasteiger partial charge in [0, 0.05) is 0 Å². The second-order valence-electron chi connectivity index (χ2n) is 3.55. The van der Waals surface area contributed by atoms with E-state index in [4.69, 9.17) is 10.00 Å². The van der Waals surface area contributed by atoms with E-state index in [2.05, 4.69) is 20.7 Å². The molecule has 20 heavy (non-hydrogen) atoms. The van der Waals surface area contributed by atoms with Gasteiger partial charge in [-0.1, -0.05) is 6.07 Å². The number of hydrogen-bond acceptors (Lipinski definition) is 4. The molecule has 0 fully saturated rings. The standard InChI is InChI=1S/C12H9BrF3NO3/c1-2-19-10(18)5-7-3-4-9(20-12(14,15)16)11(13)8(7)6-17/h3-4H,2,5H2,1H3. The van der Waals surface area contributed by atoms with Crippen molar-refractivity contribution in [3.63, 3.8) is 0 Å². The lowest BCUT2D eigenvalue weighted by Gasteiger charge is -2.13. The Morgan fingerprint density at radius 2 is 2.10 bits per heavy atom. The van der Waals surface area contributed by atoms with Gasteiger partial charge in [0.1, 0.15) is 11.8 Å². The summed E-state index contributed by atoms with van der Waals surface area (Å²) in [7, 11) is 0. The molecule has 4 nitrogen and oxygen atoms in total. The normalized spacial score (nSPS) is 10.8. The van der Waals surface area contributed by atoms with Gasteiger partial charge in [0.25, 0.3) is 0 Å². The van der Waals surface area contributed by atoms with Gasteiger partial charge < -0.3 is 9.47 Å². The molecule has 0 aliphatic rings. The highest BCUT2D eigenvalue weighted by molar-refractivity contribution is 9.10. The van der Waals surface area contributed by atoms with Crippen molar-refractivity contribution < 1.29 is 27.4 Å². The largest absolute Gasteiger partial charge is 0.573 e. The summed E-state index contributed by atoms with van der Waals surface area (Å²) in [4.78, 5) is 11.3. The SMILES string of the molecule is CCOC(=O)Cc1ccc(OC(F)(F)F)c(Br)c1C#N. The summed E-state index contributed by atoms with van der Waals surface area (Å²) in [6.45, 7) is 1.80. The maximum atomic E-state index is 12.2. The zero-order valence-corrected chi connectivity index (χ0v) is 11.8.